The number of benzene rings is 1. The fourth-order valence-electron chi connectivity index (χ4n) is 1.63. The monoisotopic (exact) mass is 261 g/mol. The number of anilines is 2. The molecule has 19 heavy (non-hydrogen) atoms. The van der Waals surface area contributed by atoms with Gasteiger partial charge in [0.15, 0.2) is 0 Å². The number of carboxylic acid groups (broad SMARTS) is 1. The molecular formula is C13H15N3O3. The minimum atomic E-state index is -0.945. The second-order valence-corrected chi connectivity index (χ2v) is 4.00. The lowest BCUT2D eigenvalue weighted by Gasteiger charge is -2.04. The number of aromatic nitrogens is 2. The molecule has 0 amide bonds. The van der Waals surface area contributed by atoms with E-state index in [2.05, 4.69) is 10.4 Å². The van der Waals surface area contributed by atoms with Crippen molar-refractivity contribution in [1.29, 1.82) is 0 Å². The van der Waals surface area contributed by atoms with Gasteiger partial charge in [-0.05, 0) is 18.2 Å². The molecule has 1 aromatic carbocycles. The lowest BCUT2D eigenvalue weighted by atomic mass is 10.2. The molecule has 0 fully saturated rings. The summed E-state index contributed by atoms with van der Waals surface area (Å²) in [4.78, 5) is 10.9. The molecular weight excluding hydrogens is 246 g/mol. The molecule has 100 valence electrons. The van der Waals surface area contributed by atoms with Gasteiger partial charge in [-0.25, -0.2) is 4.79 Å². The normalized spacial score (nSPS) is 10.4. The van der Waals surface area contributed by atoms with E-state index >= 15 is 0 Å². The topological polar surface area (TPSA) is 76.4 Å². The maximum absolute atomic E-state index is 10.9. The maximum Gasteiger partial charge on any atom is 0.335 e. The van der Waals surface area contributed by atoms with Crippen LogP contribution in [0.5, 0.6) is 0 Å². The number of hydrogen-bond acceptors (Lipinski definition) is 4. The van der Waals surface area contributed by atoms with Crippen LogP contribution in [0.4, 0.5) is 11.4 Å². The lowest BCUT2D eigenvalue weighted by molar-refractivity contribution is 0.0697. The molecule has 0 aliphatic heterocycles. The van der Waals surface area contributed by atoms with Gasteiger partial charge < -0.3 is 15.2 Å². The summed E-state index contributed by atoms with van der Waals surface area (Å²) in [7, 11) is 1.64. The average molecular weight is 261 g/mol. The van der Waals surface area contributed by atoms with Crippen LogP contribution in [0, 0.1) is 0 Å². The average Bonchev–Trinajstić information content (AvgIpc) is 2.84. The first-order valence-corrected chi connectivity index (χ1v) is 5.81. The summed E-state index contributed by atoms with van der Waals surface area (Å²) in [6.45, 7) is 1.27. The van der Waals surface area contributed by atoms with Crippen LogP contribution in [0.25, 0.3) is 0 Å². The first-order chi connectivity index (χ1) is 9.19. The second-order valence-electron chi connectivity index (χ2n) is 4.00. The van der Waals surface area contributed by atoms with Gasteiger partial charge in [0.05, 0.1) is 30.6 Å². The summed E-state index contributed by atoms with van der Waals surface area (Å²) in [6, 6.07) is 6.63. The Hall–Kier alpha value is -2.34. The van der Waals surface area contributed by atoms with Gasteiger partial charge in [-0.2, -0.15) is 5.10 Å². The smallest absolute Gasteiger partial charge is 0.335 e. The third-order valence-electron chi connectivity index (χ3n) is 2.56. The molecule has 2 rings (SSSR count). The van der Waals surface area contributed by atoms with E-state index in [1.807, 2.05) is 6.20 Å². The highest BCUT2D eigenvalue weighted by atomic mass is 16.5. The van der Waals surface area contributed by atoms with Crippen molar-refractivity contribution in [2.24, 2.45) is 0 Å². The highest BCUT2D eigenvalue weighted by Crippen LogP contribution is 2.17. The van der Waals surface area contributed by atoms with Crippen LogP contribution in [-0.2, 0) is 11.3 Å². The Morgan fingerprint density at radius 3 is 3.05 bits per heavy atom. The van der Waals surface area contributed by atoms with Crippen LogP contribution in [0.1, 0.15) is 10.4 Å². The first-order valence-electron chi connectivity index (χ1n) is 5.81. The Bertz CT molecular complexity index is 566. The Labute approximate surface area is 110 Å². The summed E-state index contributed by atoms with van der Waals surface area (Å²) in [5, 5.41) is 16.2. The van der Waals surface area contributed by atoms with Gasteiger partial charge in [0.1, 0.15) is 0 Å². The fraction of sp³-hybridized carbons (Fsp3) is 0.231. The minimum Gasteiger partial charge on any atom is -0.478 e. The largest absolute Gasteiger partial charge is 0.478 e. The van der Waals surface area contributed by atoms with Crippen molar-refractivity contribution in [3.05, 3.63) is 42.2 Å². The number of nitrogens with one attached hydrogen (secondary N) is 1. The van der Waals surface area contributed by atoms with E-state index in [1.165, 1.54) is 0 Å². The maximum atomic E-state index is 10.9. The van der Waals surface area contributed by atoms with Crippen LogP contribution in [0.15, 0.2) is 36.7 Å². The van der Waals surface area contributed by atoms with Crippen molar-refractivity contribution >= 4 is 17.3 Å². The van der Waals surface area contributed by atoms with Gasteiger partial charge in [-0.3, -0.25) is 4.68 Å². The SMILES string of the molecule is COCCn1cc(Nc2cccc(C(=O)O)c2)cn1. The highest BCUT2D eigenvalue weighted by Gasteiger charge is 2.04. The lowest BCUT2D eigenvalue weighted by Crippen LogP contribution is -2.03. The second kappa shape index (κ2) is 6.01. The van der Waals surface area contributed by atoms with Crippen LogP contribution in [-0.4, -0.2) is 34.6 Å². The first kappa shape index (κ1) is 13.1. The molecule has 0 bridgehead atoms. The quantitative estimate of drug-likeness (QED) is 0.831. The van der Waals surface area contributed by atoms with Crippen LogP contribution < -0.4 is 5.32 Å². The van der Waals surface area contributed by atoms with E-state index in [9.17, 15) is 4.79 Å². The van der Waals surface area contributed by atoms with Gasteiger partial charge in [-0.15, -0.1) is 0 Å². The van der Waals surface area contributed by atoms with Crippen molar-refractivity contribution in [3.8, 4) is 0 Å². The van der Waals surface area contributed by atoms with Crippen molar-refractivity contribution < 1.29 is 14.6 Å². The minimum absolute atomic E-state index is 0.247. The number of nitrogens with zero attached hydrogens (tertiary/aromatic N) is 2. The number of aromatic carboxylic acids is 1. The predicted molar refractivity (Wildman–Crippen MR) is 70.8 cm³/mol. The molecule has 1 heterocycles. The Morgan fingerprint density at radius 2 is 2.32 bits per heavy atom. The van der Waals surface area contributed by atoms with E-state index in [-0.39, 0.29) is 5.56 Å². The molecule has 0 unspecified atom stereocenters. The van der Waals surface area contributed by atoms with Crippen LogP contribution >= 0.6 is 0 Å². The molecule has 0 atom stereocenters. The Balaban J connectivity index is 2.06. The Kier molecular flexibility index (Phi) is 4.15. The summed E-state index contributed by atoms with van der Waals surface area (Å²) < 4.78 is 6.73. The van der Waals surface area contributed by atoms with E-state index in [0.29, 0.717) is 18.8 Å². The number of rotatable bonds is 6. The molecule has 6 heteroatoms. The van der Waals surface area contributed by atoms with Gasteiger partial charge >= 0.3 is 5.97 Å². The molecule has 0 spiro atoms. The van der Waals surface area contributed by atoms with Gasteiger partial charge in [0.25, 0.3) is 0 Å². The molecule has 0 saturated carbocycles. The zero-order valence-corrected chi connectivity index (χ0v) is 10.5. The highest BCUT2D eigenvalue weighted by molar-refractivity contribution is 5.89. The summed E-state index contributed by atoms with van der Waals surface area (Å²) in [6.07, 6.45) is 3.52. The predicted octanol–water partition coefficient (Wildman–Crippen LogP) is 1.97. The molecule has 0 radical (unpaired) electrons. The fourth-order valence-corrected chi connectivity index (χ4v) is 1.63. The van der Waals surface area contributed by atoms with Gasteiger partial charge in [0, 0.05) is 19.0 Å². The van der Waals surface area contributed by atoms with Crippen molar-refractivity contribution in [1.82, 2.24) is 9.78 Å². The number of carbonyl (C=O) groups is 1. The molecule has 0 saturated heterocycles. The molecule has 0 aliphatic rings. The standard InChI is InChI=1S/C13H15N3O3/c1-19-6-5-16-9-12(8-14-16)15-11-4-2-3-10(7-11)13(17)18/h2-4,7-9,15H,5-6H2,1H3,(H,17,18). The summed E-state index contributed by atoms with van der Waals surface area (Å²) in [5.74, 6) is -0.945. The van der Waals surface area contributed by atoms with Crippen LogP contribution in [0.2, 0.25) is 0 Å². The van der Waals surface area contributed by atoms with Gasteiger partial charge in [-0.1, -0.05) is 6.07 Å². The van der Waals surface area contributed by atoms with E-state index in [0.717, 1.165) is 5.69 Å². The van der Waals surface area contributed by atoms with Crippen LogP contribution in [0.3, 0.4) is 0 Å². The van der Waals surface area contributed by atoms with Crippen molar-refractivity contribution in [2.45, 2.75) is 6.54 Å². The number of ether oxygens (including phenoxy) is 1. The molecule has 6 nitrogen and oxygen atoms in total. The molecule has 1 aromatic heterocycles. The van der Waals surface area contributed by atoms with Crippen molar-refractivity contribution in [2.75, 3.05) is 19.0 Å². The summed E-state index contributed by atoms with van der Waals surface area (Å²) in [5.41, 5.74) is 1.77. The molecule has 2 aromatic rings. The van der Waals surface area contributed by atoms with Gasteiger partial charge in [0.2, 0.25) is 0 Å². The third-order valence-corrected chi connectivity index (χ3v) is 2.56. The molecule has 0 aliphatic carbocycles. The van der Waals surface area contributed by atoms with E-state index in [4.69, 9.17) is 9.84 Å². The number of hydrogen-bond donors (Lipinski definition) is 2. The zero-order chi connectivity index (χ0) is 13.7. The number of carboxylic acids is 1. The zero-order valence-electron chi connectivity index (χ0n) is 10.5. The van der Waals surface area contributed by atoms with Crippen molar-refractivity contribution in [3.63, 3.8) is 0 Å². The Morgan fingerprint density at radius 1 is 1.47 bits per heavy atom. The third kappa shape index (κ3) is 3.56. The molecule has 2 N–H and O–H groups in total. The van der Waals surface area contributed by atoms with E-state index < -0.39 is 5.97 Å². The number of methoxy groups -OCH3 is 1. The van der Waals surface area contributed by atoms with E-state index in [1.54, 1.807) is 42.3 Å². The summed E-state index contributed by atoms with van der Waals surface area (Å²) >= 11 is 0.